The molecule has 0 radical (unpaired) electrons. The van der Waals surface area contributed by atoms with Crippen LogP contribution in [-0.2, 0) is 14.3 Å². The minimum Gasteiger partial charge on any atom is -0.379 e. The predicted octanol–water partition coefficient (Wildman–Crippen LogP) is 0.772. The molecule has 3 rings (SSSR count). The van der Waals surface area contributed by atoms with E-state index in [1.54, 1.807) is 0 Å². The van der Waals surface area contributed by atoms with Gasteiger partial charge in [0.2, 0.25) is 11.8 Å². The molecular formula is C18H24BrN5O5. The second kappa shape index (κ2) is 10.1. The summed E-state index contributed by atoms with van der Waals surface area (Å²) in [6.07, 6.45) is 0. The van der Waals surface area contributed by atoms with Crippen molar-refractivity contribution in [3.05, 3.63) is 32.8 Å². The highest BCUT2D eigenvalue weighted by molar-refractivity contribution is 9.10. The lowest BCUT2D eigenvalue weighted by Crippen LogP contribution is -2.53. The second-order valence-electron chi connectivity index (χ2n) is 7.01. The third-order valence-corrected chi connectivity index (χ3v) is 5.65. The van der Waals surface area contributed by atoms with Crippen molar-refractivity contribution in [2.24, 2.45) is 0 Å². The maximum atomic E-state index is 12.4. The molecule has 0 atom stereocenters. The first kappa shape index (κ1) is 21.6. The van der Waals surface area contributed by atoms with E-state index in [9.17, 15) is 19.7 Å². The quantitative estimate of drug-likeness (QED) is 0.484. The Balaban J connectivity index is 1.42. The minimum atomic E-state index is -0.490. The summed E-state index contributed by atoms with van der Waals surface area (Å²) in [5.41, 5.74) is 0.438. The van der Waals surface area contributed by atoms with E-state index in [-0.39, 0.29) is 24.0 Å². The highest BCUT2D eigenvalue weighted by atomic mass is 79.9. The Morgan fingerprint density at radius 1 is 1.07 bits per heavy atom. The van der Waals surface area contributed by atoms with Crippen molar-refractivity contribution in [3.63, 3.8) is 0 Å². The second-order valence-corrected chi connectivity index (χ2v) is 7.87. The first-order valence-electron chi connectivity index (χ1n) is 9.46. The van der Waals surface area contributed by atoms with Gasteiger partial charge in [0.1, 0.15) is 0 Å². The summed E-state index contributed by atoms with van der Waals surface area (Å²) in [4.78, 5) is 41.0. The lowest BCUT2D eigenvalue weighted by atomic mass is 10.2. The molecule has 0 bridgehead atoms. The lowest BCUT2D eigenvalue weighted by molar-refractivity contribution is -0.384. The number of hydrogen-bond donors (Lipinski definition) is 1. The molecule has 1 aromatic carbocycles. The number of hydrogen-bond acceptors (Lipinski definition) is 7. The Kier molecular flexibility index (Phi) is 7.53. The van der Waals surface area contributed by atoms with Gasteiger partial charge in [-0.05, 0) is 22.0 Å². The number of carbonyl (C=O) groups excluding carboxylic acids is 2. The SMILES string of the molecule is O=C(CN1CCN(C(=O)CN2CCOCC2)CC1)Nc1ccc([N+](=O)[O-])cc1Br. The fraction of sp³-hybridized carbons (Fsp3) is 0.556. The van der Waals surface area contributed by atoms with Gasteiger partial charge in [-0.3, -0.25) is 29.5 Å². The number of amides is 2. The number of morpholine rings is 1. The van der Waals surface area contributed by atoms with E-state index in [0.717, 1.165) is 13.1 Å². The molecule has 2 aliphatic rings. The molecule has 2 saturated heterocycles. The van der Waals surface area contributed by atoms with E-state index in [0.29, 0.717) is 56.1 Å². The van der Waals surface area contributed by atoms with Crippen LogP contribution in [0.2, 0.25) is 0 Å². The summed E-state index contributed by atoms with van der Waals surface area (Å²) in [7, 11) is 0. The van der Waals surface area contributed by atoms with Gasteiger partial charge in [-0.15, -0.1) is 0 Å². The van der Waals surface area contributed by atoms with Crippen LogP contribution in [0.1, 0.15) is 0 Å². The highest BCUT2D eigenvalue weighted by Crippen LogP contribution is 2.27. The van der Waals surface area contributed by atoms with Crippen LogP contribution in [0.15, 0.2) is 22.7 Å². The van der Waals surface area contributed by atoms with E-state index >= 15 is 0 Å². The summed E-state index contributed by atoms with van der Waals surface area (Å²) in [6.45, 7) is 5.96. The summed E-state index contributed by atoms with van der Waals surface area (Å²) in [5, 5.41) is 13.6. The third kappa shape index (κ3) is 6.20. The van der Waals surface area contributed by atoms with Gasteiger partial charge in [-0.25, -0.2) is 0 Å². The molecule has 2 fully saturated rings. The molecule has 1 N–H and O–H groups in total. The van der Waals surface area contributed by atoms with Crippen molar-refractivity contribution in [1.82, 2.24) is 14.7 Å². The molecule has 11 heteroatoms. The van der Waals surface area contributed by atoms with E-state index in [1.807, 2.05) is 9.80 Å². The Labute approximate surface area is 177 Å². The molecule has 0 spiro atoms. The summed E-state index contributed by atoms with van der Waals surface area (Å²) in [6, 6.07) is 4.20. The predicted molar refractivity (Wildman–Crippen MR) is 110 cm³/mol. The average Bonchev–Trinajstić information content (AvgIpc) is 2.70. The van der Waals surface area contributed by atoms with Crippen LogP contribution in [0, 0.1) is 10.1 Å². The Morgan fingerprint density at radius 3 is 2.34 bits per heavy atom. The van der Waals surface area contributed by atoms with Crippen LogP contribution in [0.5, 0.6) is 0 Å². The number of nitro groups is 1. The van der Waals surface area contributed by atoms with Crippen molar-refractivity contribution in [1.29, 1.82) is 0 Å². The summed E-state index contributed by atoms with van der Waals surface area (Å²) >= 11 is 3.24. The summed E-state index contributed by atoms with van der Waals surface area (Å²) < 4.78 is 5.76. The fourth-order valence-corrected chi connectivity index (χ4v) is 3.78. The molecule has 29 heavy (non-hydrogen) atoms. The number of rotatable bonds is 6. The van der Waals surface area contributed by atoms with Crippen molar-refractivity contribution in [3.8, 4) is 0 Å². The van der Waals surface area contributed by atoms with Gasteiger partial charge in [0.25, 0.3) is 5.69 Å². The number of ether oxygens (including phenoxy) is 1. The van der Waals surface area contributed by atoms with Crippen LogP contribution in [0.4, 0.5) is 11.4 Å². The number of nitro benzene ring substituents is 1. The largest absolute Gasteiger partial charge is 0.379 e. The van der Waals surface area contributed by atoms with Crippen molar-refractivity contribution < 1.29 is 19.2 Å². The maximum Gasteiger partial charge on any atom is 0.270 e. The lowest BCUT2D eigenvalue weighted by Gasteiger charge is -2.36. The number of piperazine rings is 1. The number of nitrogens with one attached hydrogen (secondary N) is 1. The number of non-ortho nitro benzene ring substituents is 1. The van der Waals surface area contributed by atoms with Gasteiger partial charge >= 0.3 is 0 Å². The topological polar surface area (TPSA) is 108 Å². The smallest absolute Gasteiger partial charge is 0.270 e. The number of carbonyl (C=O) groups is 2. The summed E-state index contributed by atoms with van der Waals surface area (Å²) in [5.74, 6) is -0.0848. The van der Waals surface area contributed by atoms with Crippen LogP contribution in [0.25, 0.3) is 0 Å². The third-order valence-electron chi connectivity index (χ3n) is 4.99. The molecule has 2 amide bonds. The van der Waals surface area contributed by atoms with Gasteiger partial charge < -0.3 is 15.0 Å². The normalized spacial score (nSPS) is 18.4. The highest BCUT2D eigenvalue weighted by Gasteiger charge is 2.24. The molecule has 0 saturated carbocycles. The standard InChI is InChI=1S/C18H24BrN5O5/c19-15-11-14(24(27)28)1-2-16(15)20-17(25)12-21-3-5-23(6-4-21)18(26)13-22-7-9-29-10-8-22/h1-2,11H,3-10,12-13H2,(H,20,25). The van der Waals surface area contributed by atoms with Crippen molar-refractivity contribution >= 4 is 39.1 Å². The van der Waals surface area contributed by atoms with Gasteiger partial charge in [-0.2, -0.15) is 0 Å². The van der Waals surface area contributed by atoms with Gasteiger partial charge in [0.05, 0.1) is 36.9 Å². The number of benzene rings is 1. The molecule has 0 aromatic heterocycles. The van der Waals surface area contributed by atoms with Crippen molar-refractivity contribution in [2.45, 2.75) is 0 Å². The molecule has 1 aromatic rings. The van der Waals surface area contributed by atoms with Crippen molar-refractivity contribution in [2.75, 3.05) is 70.9 Å². The zero-order valence-electron chi connectivity index (χ0n) is 16.0. The molecule has 158 valence electrons. The van der Waals surface area contributed by atoms with Crippen LogP contribution in [-0.4, -0.2) is 97.0 Å². The first-order chi connectivity index (χ1) is 13.9. The first-order valence-corrected chi connectivity index (χ1v) is 10.3. The molecule has 10 nitrogen and oxygen atoms in total. The Bertz CT molecular complexity index is 763. The fourth-order valence-electron chi connectivity index (χ4n) is 3.32. The van der Waals surface area contributed by atoms with Crippen LogP contribution in [0.3, 0.4) is 0 Å². The van der Waals surface area contributed by atoms with E-state index in [1.165, 1.54) is 18.2 Å². The minimum absolute atomic E-state index is 0.0484. The molecular weight excluding hydrogens is 446 g/mol. The van der Waals surface area contributed by atoms with Crippen LogP contribution < -0.4 is 5.32 Å². The van der Waals surface area contributed by atoms with Crippen LogP contribution >= 0.6 is 15.9 Å². The van der Waals surface area contributed by atoms with E-state index in [4.69, 9.17) is 4.74 Å². The maximum absolute atomic E-state index is 12.4. The van der Waals surface area contributed by atoms with Gasteiger partial charge in [0.15, 0.2) is 0 Å². The van der Waals surface area contributed by atoms with Gasteiger partial charge in [0, 0.05) is 55.9 Å². The zero-order valence-corrected chi connectivity index (χ0v) is 17.6. The molecule has 2 heterocycles. The molecule has 2 aliphatic heterocycles. The average molecular weight is 470 g/mol. The Morgan fingerprint density at radius 2 is 1.72 bits per heavy atom. The number of anilines is 1. The molecule has 0 unspecified atom stereocenters. The number of halogens is 1. The monoisotopic (exact) mass is 469 g/mol. The number of nitrogens with zero attached hydrogens (tertiary/aromatic N) is 4. The van der Waals surface area contributed by atoms with Gasteiger partial charge in [-0.1, -0.05) is 0 Å². The van der Waals surface area contributed by atoms with E-state index in [2.05, 4.69) is 26.1 Å². The van der Waals surface area contributed by atoms with E-state index < -0.39 is 4.92 Å². The Hall–Kier alpha value is -2.08. The zero-order chi connectivity index (χ0) is 20.8. The molecule has 0 aliphatic carbocycles.